The summed E-state index contributed by atoms with van der Waals surface area (Å²) in [7, 11) is 1.91. The Bertz CT molecular complexity index is 338. The second-order valence-electron chi connectivity index (χ2n) is 6.14. The van der Waals surface area contributed by atoms with Gasteiger partial charge >= 0.3 is 12.1 Å². The lowest BCUT2D eigenvalue weighted by Crippen LogP contribution is -2.46. The summed E-state index contributed by atoms with van der Waals surface area (Å²) in [5.41, 5.74) is -0.539. The minimum atomic E-state index is -0.803. The molecule has 0 aromatic carbocycles. The van der Waals surface area contributed by atoms with Crippen molar-refractivity contribution >= 4 is 12.1 Å². The van der Waals surface area contributed by atoms with E-state index in [-0.39, 0.29) is 5.92 Å². The molecule has 1 amide bonds. The Kier molecular flexibility index (Phi) is 5.17. The first-order valence-electron chi connectivity index (χ1n) is 6.57. The van der Waals surface area contributed by atoms with Crippen LogP contribution in [0, 0.1) is 11.8 Å². The Balaban J connectivity index is 2.46. The normalized spacial score (nSPS) is 24.8. The van der Waals surface area contributed by atoms with Crippen LogP contribution in [-0.4, -0.2) is 54.4 Å². The highest BCUT2D eigenvalue weighted by Gasteiger charge is 2.33. The largest absolute Gasteiger partial charge is 0.481 e. The van der Waals surface area contributed by atoms with E-state index in [1.54, 1.807) is 20.8 Å². The van der Waals surface area contributed by atoms with Gasteiger partial charge in [0, 0.05) is 13.1 Å². The van der Waals surface area contributed by atoms with E-state index in [0.717, 1.165) is 13.0 Å². The number of likely N-dealkylation sites (tertiary alicyclic amines) is 1. The van der Waals surface area contributed by atoms with E-state index in [1.165, 1.54) is 0 Å². The van der Waals surface area contributed by atoms with Crippen LogP contribution in [0.2, 0.25) is 0 Å². The molecule has 0 bridgehead atoms. The summed E-state index contributed by atoms with van der Waals surface area (Å²) in [6.45, 7) is 7.10. The second-order valence-corrected chi connectivity index (χ2v) is 6.14. The maximum absolute atomic E-state index is 11.6. The molecule has 0 spiro atoms. The fraction of sp³-hybridized carbons (Fsp3) is 0.846. The Morgan fingerprint density at radius 2 is 2.05 bits per heavy atom. The Morgan fingerprint density at radius 1 is 1.42 bits per heavy atom. The van der Waals surface area contributed by atoms with Crippen molar-refractivity contribution in [1.82, 2.24) is 10.2 Å². The Hall–Kier alpha value is -1.30. The van der Waals surface area contributed by atoms with Crippen LogP contribution in [-0.2, 0) is 9.53 Å². The number of nitrogens with one attached hydrogen (secondary N) is 1. The third-order valence-corrected chi connectivity index (χ3v) is 3.18. The first-order valence-corrected chi connectivity index (χ1v) is 6.57. The standard InChI is InChI=1S/C13H24N2O4/c1-13(2,3)19-12(18)14-7-9-5-6-15(4)8-10(9)11(16)17/h9-10H,5-8H2,1-4H3,(H,14,18)(H,16,17)/t9-,10-/m0/s1. The zero-order chi connectivity index (χ0) is 14.6. The van der Waals surface area contributed by atoms with Gasteiger partial charge in [0.05, 0.1) is 5.92 Å². The number of amides is 1. The number of carbonyl (C=O) groups is 2. The van der Waals surface area contributed by atoms with Gasteiger partial charge in [0.15, 0.2) is 0 Å². The molecule has 6 heteroatoms. The smallest absolute Gasteiger partial charge is 0.407 e. The van der Waals surface area contributed by atoms with Gasteiger partial charge in [-0.05, 0) is 46.7 Å². The molecule has 1 aliphatic rings. The molecule has 2 N–H and O–H groups in total. The van der Waals surface area contributed by atoms with Crippen molar-refractivity contribution in [2.24, 2.45) is 11.8 Å². The minimum Gasteiger partial charge on any atom is -0.481 e. The lowest BCUT2D eigenvalue weighted by Gasteiger charge is -2.34. The Morgan fingerprint density at radius 3 is 2.58 bits per heavy atom. The molecular weight excluding hydrogens is 248 g/mol. The number of nitrogens with zero attached hydrogens (tertiary/aromatic N) is 1. The summed E-state index contributed by atoms with van der Waals surface area (Å²) < 4.78 is 5.14. The van der Waals surface area contributed by atoms with Crippen LogP contribution in [0.25, 0.3) is 0 Å². The van der Waals surface area contributed by atoms with Crippen LogP contribution >= 0.6 is 0 Å². The summed E-state index contributed by atoms with van der Waals surface area (Å²) >= 11 is 0. The number of hydrogen-bond acceptors (Lipinski definition) is 4. The van der Waals surface area contributed by atoms with Gasteiger partial charge in [-0.3, -0.25) is 4.79 Å². The van der Waals surface area contributed by atoms with Gasteiger partial charge in [-0.1, -0.05) is 0 Å². The Labute approximate surface area is 114 Å². The second kappa shape index (κ2) is 6.23. The van der Waals surface area contributed by atoms with Crippen LogP contribution < -0.4 is 5.32 Å². The van der Waals surface area contributed by atoms with Crippen molar-refractivity contribution in [2.45, 2.75) is 32.8 Å². The maximum Gasteiger partial charge on any atom is 0.407 e. The number of carboxylic acids is 1. The molecule has 0 aliphatic carbocycles. The third-order valence-electron chi connectivity index (χ3n) is 3.18. The van der Waals surface area contributed by atoms with Gasteiger partial charge < -0.3 is 20.1 Å². The van der Waals surface area contributed by atoms with Crippen LogP contribution in [0.1, 0.15) is 27.2 Å². The number of ether oxygens (including phenoxy) is 1. The average molecular weight is 272 g/mol. The fourth-order valence-electron chi connectivity index (χ4n) is 2.22. The molecule has 0 aromatic heterocycles. The monoisotopic (exact) mass is 272 g/mol. The highest BCUT2D eigenvalue weighted by Crippen LogP contribution is 2.22. The lowest BCUT2D eigenvalue weighted by molar-refractivity contribution is -0.145. The van der Waals surface area contributed by atoms with E-state index >= 15 is 0 Å². The van der Waals surface area contributed by atoms with E-state index in [0.29, 0.717) is 13.1 Å². The number of carbonyl (C=O) groups excluding carboxylic acids is 1. The number of hydrogen-bond donors (Lipinski definition) is 2. The molecule has 110 valence electrons. The van der Waals surface area contributed by atoms with Crippen molar-refractivity contribution in [3.8, 4) is 0 Å². The van der Waals surface area contributed by atoms with E-state index in [1.807, 2.05) is 11.9 Å². The van der Waals surface area contributed by atoms with Crippen molar-refractivity contribution in [3.05, 3.63) is 0 Å². The molecule has 19 heavy (non-hydrogen) atoms. The minimum absolute atomic E-state index is 0.0405. The molecule has 0 radical (unpaired) electrons. The lowest BCUT2D eigenvalue weighted by atomic mass is 9.85. The molecule has 0 aromatic rings. The van der Waals surface area contributed by atoms with Crippen LogP contribution in [0.4, 0.5) is 4.79 Å². The quantitative estimate of drug-likeness (QED) is 0.806. The first kappa shape index (κ1) is 15.8. The van der Waals surface area contributed by atoms with Crippen LogP contribution in [0.3, 0.4) is 0 Å². The summed E-state index contributed by atoms with van der Waals surface area (Å²) in [6, 6.07) is 0. The van der Waals surface area contributed by atoms with Crippen molar-refractivity contribution < 1.29 is 19.4 Å². The maximum atomic E-state index is 11.6. The zero-order valence-electron chi connectivity index (χ0n) is 12.1. The summed E-state index contributed by atoms with van der Waals surface area (Å²) in [4.78, 5) is 24.8. The predicted molar refractivity (Wildman–Crippen MR) is 71.0 cm³/mol. The van der Waals surface area contributed by atoms with Gasteiger partial charge in [-0.2, -0.15) is 0 Å². The topological polar surface area (TPSA) is 78.9 Å². The molecule has 1 rings (SSSR count). The summed E-state index contributed by atoms with van der Waals surface area (Å²) in [5, 5.41) is 11.9. The molecule has 0 saturated carbocycles. The number of alkyl carbamates (subject to hydrolysis) is 1. The molecule has 1 heterocycles. The van der Waals surface area contributed by atoms with Gasteiger partial charge in [0.1, 0.15) is 5.60 Å². The van der Waals surface area contributed by atoms with Crippen molar-refractivity contribution in [3.63, 3.8) is 0 Å². The van der Waals surface area contributed by atoms with Crippen molar-refractivity contribution in [2.75, 3.05) is 26.7 Å². The molecule has 1 aliphatic heterocycles. The highest BCUT2D eigenvalue weighted by molar-refractivity contribution is 5.71. The van der Waals surface area contributed by atoms with Crippen LogP contribution in [0.5, 0.6) is 0 Å². The number of aliphatic carboxylic acids is 1. The molecule has 1 saturated heterocycles. The first-order chi connectivity index (χ1) is 8.69. The number of piperidine rings is 1. The molecular formula is C13H24N2O4. The molecule has 6 nitrogen and oxygen atoms in total. The van der Waals surface area contributed by atoms with Gasteiger partial charge in [-0.25, -0.2) is 4.79 Å². The van der Waals surface area contributed by atoms with Gasteiger partial charge in [0.2, 0.25) is 0 Å². The summed E-state index contributed by atoms with van der Waals surface area (Å²) in [6.07, 6.45) is 0.277. The molecule has 2 atom stereocenters. The fourth-order valence-corrected chi connectivity index (χ4v) is 2.22. The SMILES string of the molecule is CN1CC[C@@H](CNC(=O)OC(C)(C)C)[C@@H](C(=O)O)C1. The number of carboxylic acid groups (broad SMARTS) is 1. The van der Waals surface area contributed by atoms with Gasteiger partial charge in [-0.15, -0.1) is 0 Å². The van der Waals surface area contributed by atoms with E-state index in [9.17, 15) is 14.7 Å². The van der Waals surface area contributed by atoms with Gasteiger partial charge in [0.25, 0.3) is 0 Å². The number of rotatable bonds is 3. The molecule has 0 unspecified atom stereocenters. The summed E-state index contributed by atoms with van der Waals surface area (Å²) in [5.74, 6) is -1.28. The van der Waals surface area contributed by atoms with Crippen molar-refractivity contribution in [1.29, 1.82) is 0 Å². The van der Waals surface area contributed by atoms with E-state index < -0.39 is 23.6 Å². The molecule has 1 fully saturated rings. The van der Waals surface area contributed by atoms with E-state index in [2.05, 4.69) is 5.32 Å². The third kappa shape index (κ3) is 5.46. The zero-order valence-corrected chi connectivity index (χ0v) is 12.1. The van der Waals surface area contributed by atoms with Crippen LogP contribution in [0.15, 0.2) is 0 Å². The highest BCUT2D eigenvalue weighted by atomic mass is 16.6. The average Bonchev–Trinajstić information content (AvgIpc) is 2.24. The van der Waals surface area contributed by atoms with E-state index in [4.69, 9.17) is 4.74 Å². The predicted octanol–water partition coefficient (Wildman–Crippen LogP) is 1.16.